The molecule has 0 aliphatic heterocycles. The first kappa shape index (κ1) is 31.3. The second-order valence-corrected chi connectivity index (χ2v) is 11.1. The van der Waals surface area contributed by atoms with Crippen molar-refractivity contribution in [3.63, 3.8) is 0 Å². The Bertz CT molecular complexity index is 1060. The van der Waals surface area contributed by atoms with Gasteiger partial charge in [0, 0.05) is 49.1 Å². The molecule has 4 N–H and O–H groups in total. The molecule has 2 aromatic rings. The van der Waals surface area contributed by atoms with Crippen molar-refractivity contribution in [2.45, 2.75) is 90.6 Å². The molecule has 0 saturated heterocycles. The van der Waals surface area contributed by atoms with Gasteiger partial charge in [-0.3, -0.25) is 14.4 Å². The fraction of sp³-hybridized carbons (Fsp3) is 0.613. The summed E-state index contributed by atoms with van der Waals surface area (Å²) in [4.78, 5) is 45.3. The van der Waals surface area contributed by atoms with Gasteiger partial charge < -0.3 is 25.7 Å². The molecule has 1 aromatic heterocycles. The molecule has 3 atom stereocenters. The summed E-state index contributed by atoms with van der Waals surface area (Å²) in [6, 6.07) is 5.74. The topological polar surface area (TPSA) is 131 Å². The van der Waals surface area contributed by atoms with Gasteiger partial charge in [0.1, 0.15) is 6.26 Å². The van der Waals surface area contributed by atoms with Crippen molar-refractivity contribution < 1.29 is 18.8 Å². The Morgan fingerprint density at radius 2 is 1.80 bits per heavy atom. The van der Waals surface area contributed by atoms with Crippen LogP contribution in [0.4, 0.5) is 0 Å². The van der Waals surface area contributed by atoms with Crippen molar-refractivity contribution in [1.82, 2.24) is 20.5 Å². The first-order chi connectivity index (χ1) is 19.3. The third kappa shape index (κ3) is 9.47. The molecule has 220 valence electrons. The van der Waals surface area contributed by atoms with E-state index in [4.69, 9.17) is 10.2 Å². The van der Waals surface area contributed by atoms with E-state index in [-0.39, 0.29) is 30.1 Å². The Morgan fingerprint density at radius 1 is 1.10 bits per heavy atom. The maximum absolute atomic E-state index is 13.4. The molecule has 1 fully saturated rings. The van der Waals surface area contributed by atoms with Crippen LogP contribution in [-0.4, -0.2) is 59.3 Å². The summed E-state index contributed by atoms with van der Waals surface area (Å²) in [6.07, 6.45) is 11.5. The predicted octanol–water partition coefficient (Wildman–Crippen LogP) is 4.33. The van der Waals surface area contributed by atoms with E-state index in [1.54, 1.807) is 30.5 Å². The molecule has 9 heteroatoms. The Morgan fingerprint density at radius 3 is 2.45 bits per heavy atom. The zero-order valence-corrected chi connectivity index (χ0v) is 24.4. The Hall–Kier alpha value is -3.20. The lowest BCUT2D eigenvalue weighted by Gasteiger charge is -2.27. The molecule has 1 saturated carbocycles. The molecule has 1 heterocycles. The number of nitrogens with zero attached hydrogens (tertiary/aromatic N) is 2. The van der Waals surface area contributed by atoms with E-state index in [1.807, 2.05) is 25.7 Å². The minimum Gasteiger partial charge on any atom is -0.449 e. The van der Waals surface area contributed by atoms with Crippen molar-refractivity contribution >= 4 is 17.7 Å². The number of nitrogens with two attached hydrogens (primary N) is 1. The smallest absolute Gasteiger partial charge is 0.253 e. The van der Waals surface area contributed by atoms with Gasteiger partial charge in [-0.15, -0.1) is 0 Å². The SMILES string of the molecule is CCCN(CCC)C(=O)c1cccc(C(=O)N[C@@H](Cc2ncco2)[C@@H](N)C[C@@H](C)C(=O)NCC2CCCCC2)c1. The molecule has 0 spiro atoms. The first-order valence-corrected chi connectivity index (χ1v) is 14.9. The van der Waals surface area contributed by atoms with Gasteiger partial charge in [0.05, 0.1) is 12.2 Å². The summed E-state index contributed by atoms with van der Waals surface area (Å²) in [5.41, 5.74) is 7.45. The number of nitrogens with one attached hydrogen (secondary N) is 2. The molecule has 1 aliphatic carbocycles. The highest BCUT2D eigenvalue weighted by Crippen LogP contribution is 2.23. The van der Waals surface area contributed by atoms with E-state index in [2.05, 4.69) is 15.6 Å². The highest BCUT2D eigenvalue weighted by atomic mass is 16.3. The van der Waals surface area contributed by atoms with E-state index in [0.29, 0.717) is 49.0 Å². The molecular formula is C31H47N5O4. The molecular weight excluding hydrogens is 506 g/mol. The van der Waals surface area contributed by atoms with Gasteiger partial charge >= 0.3 is 0 Å². The maximum Gasteiger partial charge on any atom is 0.253 e. The summed E-state index contributed by atoms with van der Waals surface area (Å²) >= 11 is 0. The quantitative estimate of drug-likeness (QED) is 0.301. The molecule has 0 unspecified atom stereocenters. The van der Waals surface area contributed by atoms with Crippen LogP contribution in [0.15, 0.2) is 41.1 Å². The van der Waals surface area contributed by atoms with Gasteiger partial charge in [-0.25, -0.2) is 4.98 Å². The van der Waals surface area contributed by atoms with Gasteiger partial charge in [-0.05, 0) is 56.2 Å². The van der Waals surface area contributed by atoms with Crippen molar-refractivity contribution in [2.24, 2.45) is 17.6 Å². The number of aromatic nitrogens is 1. The van der Waals surface area contributed by atoms with Gasteiger partial charge in [0.2, 0.25) is 5.91 Å². The average molecular weight is 554 g/mol. The lowest BCUT2D eigenvalue weighted by atomic mass is 9.89. The molecule has 9 nitrogen and oxygen atoms in total. The maximum atomic E-state index is 13.4. The molecule has 3 rings (SSSR count). The van der Waals surface area contributed by atoms with Gasteiger partial charge in [0.15, 0.2) is 5.89 Å². The molecule has 0 bridgehead atoms. The molecule has 3 amide bonds. The van der Waals surface area contributed by atoms with Gasteiger partial charge in [-0.2, -0.15) is 0 Å². The van der Waals surface area contributed by atoms with Crippen LogP contribution in [-0.2, 0) is 11.2 Å². The zero-order valence-electron chi connectivity index (χ0n) is 24.4. The molecule has 1 aliphatic rings. The van der Waals surface area contributed by atoms with E-state index >= 15 is 0 Å². The van der Waals surface area contributed by atoms with Crippen molar-refractivity contribution in [2.75, 3.05) is 19.6 Å². The van der Waals surface area contributed by atoms with Crippen LogP contribution < -0.4 is 16.4 Å². The summed E-state index contributed by atoms with van der Waals surface area (Å²) < 4.78 is 5.44. The fourth-order valence-electron chi connectivity index (χ4n) is 5.42. The van der Waals surface area contributed by atoms with E-state index < -0.39 is 12.1 Å². The first-order valence-electron chi connectivity index (χ1n) is 14.9. The Kier molecular flexibility index (Phi) is 12.7. The lowest BCUT2D eigenvalue weighted by molar-refractivity contribution is -0.125. The number of oxazole rings is 1. The highest BCUT2D eigenvalue weighted by Gasteiger charge is 2.27. The normalized spacial score (nSPS) is 16.1. The van der Waals surface area contributed by atoms with Crippen LogP contribution in [0.1, 0.15) is 98.7 Å². The third-order valence-corrected chi connectivity index (χ3v) is 7.72. The van der Waals surface area contributed by atoms with Crippen LogP contribution in [0.2, 0.25) is 0 Å². The van der Waals surface area contributed by atoms with E-state index in [1.165, 1.54) is 38.4 Å². The number of rotatable bonds is 15. The molecule has 0 radical (unpaired) electrons. The van der Waals surface area contributed by atoms with Crippen LogP contribution in [0, 0.1) is 11.8 Å². The second-order valence-electron chi connectivity index (χ2n) is 11.1. The summed E-state index contributed by atoms with van der Waals surface area (Å²) in [7, 11) is 0. The molecule has 40 heavy (non-hydrogen) atoms. The van der Waals surface area contributed by atoms with Crippen LogP contribution in [0.5, 0.6) is 0 Å². The Balaban J connectivity index is 1.66. The van der Waals surface area contributed by atoms with Gasteiger partial charge in [-0.1, -0.05) is 46.1 Å². The van der Waals surface area contributed by atoms with Crippen molar-refractivity contribution in [1.29, 1.82) is 0 Å². The molecule has 1 aromatic carbocycles. The number of benzene rings is 1. The van der Waals surface area contributed by atoms with Crippen LogP contribution in [0.25, 0.3) is 0 Å². The average Bonchev–Trinajstić information content (AvgIpc) is 3.48. The highest BCUT2D eigenvalue weighted by molar-refractivity contribution is 5.99. The largest absolute Gasteiger partial charge is 0.449 e. The number of carbonyl (C=O) groups excluding carboxylic acids is 3. The number of carbonyl (C=O) groups is 3. The minimum atomic E-state index is -0.518. The second kappa shape index (κ2) is 16.2. The number of amides is 3. The zero-order chi connectivity index (χ0) is 28.9. The number of hydrogen-bond acceptors (Lipinski definition) is 6. The Labute approximate surface area is 238 Å². The summed E-state index contributed by atoms with van der Waals surface area (Å²) in [5, 5.41) is 6.13. The minimum absolute atomic E-state index is 0.0165. The summed E-state index contributed by atoms with van der Waals surface area (Å²) in [5.74, 6) is 0.250. The summed E-state index contributed by atoms with van der Waals surface area (Å²) in [6.45, 7) is 7.99. The lowest BCUT2D eigenvalue weighted by Crippen LogP contribution is -2.50. The fourth-order valence-corrected chi connectivity index (χ4v) is 5.42. The predicted molar refractivity (Wildman–Crippen MR) is 156 cm³/mol. The van der Waals surface area contributed by atoms with Crippen molar-refractivity contribution in [3.05, 3.63) is 53.7 Å². The third-order valence-electron chi connectivity index (χ3n) is 7.72. The van der Waals surface area contributed by atoms with E-state index in [0.717, 1.165) is 12.8 Å². The van der Waals surface area contributed by atoms with Crippen LogP contribution in [0.3, 0.4) is 0 Å². The monoisotopic (exact) mass is 553 g/mol. The van der Waals surface area contributed by atoms with Gasteiger partial charge in [0.25, 0.3) is 11.8 Å². The standard InChI is InChI=1S/C31H47N5O4/c1-4-15-36(16-5-2)31(39)25-13-9-12-24(19-25)30(38)35-27(20-28-33-14-17-40-28)26(32)18-22(3)29(37)34-21-23-10-7-6-8-11-23/h9,12-14,17,19,22-23,26-27H,4-8,10-11,15-16,18,20-21,32H2,1-3H3,(H,34,37)(H,35,38)/t22-,26+,27+/m1/s1. The van der Waals surface area contributed by atoms with E-state index in [9.17, 15) is 14.4 Å². The number of hydrogen-bond donors (Lipinski definition) is 3. The van der Waals surface area contributed by atoms with Crippen LogP contribution >= 0.6 is 0 Å². The van der Waals surface area contributed by atoms with Crippen molar-refractivity contribution in [3.8, 4) is 0 Å².